The molecule has 7 rings (SSSR count). The Kier molecular flexibility index (Phi) is 3.83. The van der Waals surface area contributed by atoms with Gasteiger partial charge in [0, 0.05) is 11.1 Å². The van der Waals surface area contributed by atoms with E-state index in [9.17, 15) is 14.6 Å². The number of fused-ring (bicyclic) bond motifs is 3. The third kappa shape index (κ3) is 2.46. The molecule has 4 nitrogen and oxygen atoms in total. The van der Waals surface area contributed by atoms with Crippen LogP contribution in [0.2, 0.25) is 0 Å². The van der Waals surface area contributed by atoms with E-state index >= 15 is 0 Å². The Bertz CT molecular complexity index is 938. The number of hydrogen-bond donors (Lipinski definition) is 2. The summed E-state index contributed by atoms with van der Waals surface area (Å²) in [6, 6.07) is 5.03. The summed E-state index contributed by atoms with van der Waals surface area (Å²) in [7, 11) is 0. The number of rotatable bonds is 4. The molecular formula is C24H29FN2O2. The Morgan fingerprint density at radius 3 is 2.69 bits per heavy atom. The number of nitrogens with zero attached hydrogens (tertiary/aromatic N) is 2. The molecule has 5 unspecified atom stereocenters. The van der Waals surface area contributed by atoms with E-state index in [1.807, 2.05) is 17.6 Å². The molecule has 0 radical (unpaired) electrons. The second-order valence-electron chi connectivity index (χ2n) is 10.3. The van der Waals surface area contributed by atoms with Crippen LogP contribution in [-0.2, 0) is 0 Å². The molecule has 2 N–H and O–H groups in total. The minimum Gasteiger partial charge on any atom is -0.393 e. The summed E-state index contributed by atoms with van der Waals surface area (Å²) in [4.78, 5) is 4.28. The van der Waals surface area contributed by atoms with Crippen LogP contribution in [0.4, 0.5) is 4.39 Å². The van der Waals surface area contributed by atoms with Crippen molar-refractivity contribution in [2.75, 3.05) is 0 Å². The van der Waals surface area contributed by atoms with Crippen LogP contribution in [0.3, 0.4) is 0 Å². The van der Waals surface area contributed by atoms with Gasteiger partial charge in [-0.1, -0.05) is 12.1 Å². The van der Waals surface area contributed by atoms with Crippen LogP contribution < -0.4 is 0 Å². The van der Waals surface area contributed by atoms with Gasteiger partial charge in [-0.25, -0.2) is 9.37 Å². The second kappa shape index (κ2) is 6.14. The third-order valence-electron chi connectivity index (χ3n) is 8.77. The van der Waals surface area contributed by atoms with Gasteiger partial charge in [-0.2, -0.15) is 0 Å². The summed E-state index contributed by atoms with van der Waals surface area (Å²) in [5.41, 5.74) is 2.47. The predicted octanol–water partition coefficient (Wildman–Crippen LogP) is 4.17. The van der Waals surface area contributed by atoms with E-state index in [2.05, 4.69) is 4.98 Å². The highest BCUT2D eigenvalue weighted by molar-refractivity contribution is 5.69. The molecule has 4 saturated carbocycles. The molecule has 4 aliphatic carbocycles. The standard InChI is InChI=1S/C24H29FN2O2/c1-13(28)22-15-5-14-6-16(22)10-24(8-14,9-15)21(29)7-19-23-17(3-2-4-18(23)25)20-11-26-12-27(19)20/h2-4,11-16,19,21-22,28-29H,5-10H2,1H3. The number of aromatic nitrogens is 2. The number of benzene rings is 1. The molecule has 1 aromatic carbocycles. The first kappa shape index (κ1) is 18.1. The molecule has 4 fully saturated rings. The SMILES string of the molecule is CC(O)C1C2CC3CC1CC(C(O)CC1c4c(F)cccc4-c4cncn41)(C3)C2. The molecule has 154 valence electrons. The van der Waals surface area contributed by atoms with Crippen LogP contribution in [0.15, 0.2) is 30.7 Å². The van der Waals surface area contributed by atoms with Gasteiger partial charge in [0.25, 0.3) is 0 Å². The summed E-state index contributed by atoms with van der Waals surface area (Å²) < 4.78 is 16.8. The Balaban J connectivity index is 1.32. The molecule has 5 aliphatic rings. The largest absolute Gasteiger partial charge is 0.393 e. The summed E-state index contributed by atoms with van der Waals surface area (Å²) in [5.74, 6) is 1.91. The predicted molar refractivity (Wildman–Crippen MR) is 108 cm³/mol. The van der Waals surface area contributed by atoms with Crippen molar-refractivity contribution < 1.29 is 14.6 Å². The van der Waals surface area contributed by atoms with Crippen LogP contribution in [-0.4, -0.2) is 32.0 Å². The fraction of sp³-hybridized carbons (Fsp3) is 0.625. The Morgan fingerprint density at radius 2 is 1.97 bits per heavy atom. The number of aliphatic hydroxyl groups is 2. The Labute approximate surface area is 170 Å². The quantitative estimate of drug-likeness (QED) is 0.816. The molecule has 0 amide bonds. The van der Waals surface area contributed by atoms with E-state index in [0.29, 0.717) is 35.7 Å². The molecule has 5 heteroatoms. The lowest BCUT2D eigenvalue weighted by molar-refractivity contribution is -0.169. The summed E-state index contributed by atoms with van der Waals surface area (Å²) >= 11 is 0. The van der Waals surface area contributed by atoms with Gasteiger partial charge >= 0.3 is 0 Å². The van der Waals surface area contributed by atoms with Gasteiger partial charge in [0.15, 0.2) is 0 Å². The molecule has 0 spiro atoms. The first-order chi connectivity index (χ1) is 14.0. The molecule has 2 heterocycles. The lowest BCUT2D eigenvalue weighted by Crippen LogP contribution is -2.57. The number of aliphatic hydroxyl groups excluding tert-OH is 2. The highest BCUT2D eigenvalue weighted by Gasteiger charge is 2.58. The van der Waals surface area contributed by atoms with Crippen LogP contribution in [0.25, 0.3) is 11.3 Å². The van der Waals surface area contributed by atoms with E-state index in [1.165, 1.54) is 18.9 Å². The monoisotopic (exact) mass is 396 g/mol. The summed E-state index contributed by atoms with van der Waals surface area (Å²) in [6.45, 7) is 1.94. The summed E-state index contributed by atoms with van der Waals surface area (Å²) in [5, 5.41) is 21.9. The number of hydrogen-bond acceptors (Lipinski definition) is 3. The van der Waals surface area contributed by atoms with Crippen molar-refractivity contribution in [3.8, 4) is 11.3 Å². The van der Waals surface area contributed by atoms with E-state index in [0.717, 1.165) is 30.5 Å². The van der Waals surface area contributed by atoms with Crippen molar-refractivity contribution in [3.05, 3.63) is 42.1 Å². The van der Waals surface area contributed by atoms with Crippen molar-refractivity contribution >= 4 is 0 Å². The topological polar surface area (TPSA) is 58.3 Å². The first-order valence-corrected chi connectivity index (χ1v) is 11.1. The molecular weight excluding hydrogens is 367 g/mol. The Hall–Kier alpha value is -1.72. The van der Waals surface area contributed by atoms with E-state index in [4.69, 9.17) is 0 Å². The van der Waals surface area contributed by atoms with Crippen LogP contribution >= 0.6 is 0 Å². The highest BCUT2D eigenvalue weighted by Crippen LogP contribution is 2.64. The highest BCUT2D eigenvalue weighted by atomic mass is 19.1. The Morgan fingerprint density at radius 1 is 1.21 bits per heavy atom. The molecule has 1 aromatic heterocycles. The smallest absolute Gasteiger partial charge is 0.129 e. The van der Waals surface area contributed by atoms with E-state index < -0.39 is 6.10 Å². The van der Waals surface area contributed by atoms with Gasteiger partial charge in [-0.3, -0.25) is 0 Å². The van der Waals surface area contributed by atoms with E-state index in [-0.39, 0.29) is 23.4 Å². The zero-order valence-corrected chi connectivity index (χ0v) is 16.8. The van der Waals surface area contributed by atoms with Gasteiger partial charge in [0.1, 0.15) is 5.82 Å². The van der Waals surface area contributed by atoms with Crippen LogP contribution in [0, 0.1) is 34.9 Å². The third-order valence-corrected chi connectivity index (χ3v) is 8.77. The maximum atomic E-state index is 14.8. The average molecular weight is 397 g/mol. The van der Waals surface area contributed by atoms with Crippen molar-refractivity contribution in [3.63, 3.8) is 0 Å². The minimum absolute atomic E-state index is 0.0728. The van der Waals surface area contributed by atoms with Crippen molar-refractivity contribution in [1.82, 2.24) is 9.55 Å². The maximum Gasteiger partial charge on any atom is 0.129 e. The van der Waals surface area contributed by atoms with Crippen molar-refractivity contribution in [1.29, 1.82) is 0 Å². The lowest BCUT2D eigenvalue weighted by Gasteiger charge is -2.62. The van der Waals surface area contributed by atoms with Gasteiger partial charge in [0.2, 0.25) is 0 Å². The maximum absolute atomic E-state index is 14.8. The molecule has 2 aromatic rings. The van der Waals surface area contributed by atoms with Crippen molar-refractivity contribution in [2.24, 2.45) is 29.1 Å². The van der Waals surface area contributed by atoms with Crippen LogP contribution in [0.1, 0.15) is 57.1 Å². The zero-order chi connectivity index (χ0) is 19.9. The number of imidazole rings is 1. The minimum atomic E-state index is -0.462. The van der Waals surface area contributed by atoms with Gasteiger partial charge in [0.05, 0.1) is 36.5 Å². The molecule has 1 aliphatic heterocycles. The van der Waals surface area contributed by atoms with Gasteiger partial charge in [-0.05, 0) is 80.6 Å². The lowest BCUT2D eigenvalue weighted by atomic mass is 9.44. The average Bonchev–Trinajstić information content (AvgIpc) is 3.24. The second-order valence-corrected chi connectivity index (χ2v) is 10.3. The fourth-order valence-electron chi connectivity index (χ4n) is 8.01. The molecule has 4 bridgehead atoms. The van der Waals surface area contributed by atoms with Gasteiger partial charge in [-0.15, -0.1) is 0 Å². The molecule has 5 atom stereocenters. The van der Waals surface area contributed by atoms with Gasteiger partial charge < -0.3 is 14.8 Å². The first-order valence-electron chi connectivity index (χ1n) is 11.1. The molecule has 29 heavy (non-hydrogen) atoms. The number of halogens is 1. The summed E-state index contributed by atoms with van der Waals surface area (Å²) in [6.07, 6.45) is 8.87. The fourth-order valence-corrected chi connectivity index (χ4v) is 8.01. The normalized spacial score (nSPS) is 38.7. The van der Waals surface area contributed by atoms with E-state index in [1.54, 1.807) is 18.6 Å². The zero-order valence-electron chi connectivity index (χ0n) is 16.8. The van der Waals surface area contributed by atoms with Crippen LogP contribution in [0.5, 0.6) is 0 Å². The van der Waals surface area contributed by atoms with Crippen molar-refractivity contribution in [2.45, 2.75) is 63.7 Å². The molecule has 0 saturated heterocycles.